The number of phenolic OH excluding ortho intramolecular Hbond substituents is 1. The molecule has 0 saturated heterocycles. The van der Waals surface area contributed by atoms with Crippen LogP contribution in [0.4, 0.5) is 5.69 Å². The van der Waals surface area contributed by atoms with Gasteiger partial charge in [0.25, 0.3) is 0 Å². The van der Waals surface area contributed by atoms with Gasteiger partial charge in [0.15, 0.2) is 0 Å². The lowest BCUT2D eigenvalue weighted by atomic mass is 9.87. The first-order chi connectivity index (χ1) is 13.3. The highest BCUT2D eigenvalue weighted by atomic mass is 32.1. The van der Waals surface area contributed by atoms with Crippen LogP contribution in [0.25, 0.3) is 0 Å². The van der Waals surface area contributed by atoms with Crippen LogP contribution in [-0.4, -0.2) is 17.2 Å². The van der Waals surface area contributed by atoms with Gasteiger partial charge in [0.05, 0.1) is 5.69 Å². The predicted octanol–water partition coefficient (Wildman–Crippen LogP) is 6.50. The van der Waals surface area contributed by atoms with Crippen LogP contribution in [0.1, 0.15) is 59.3 Å². The fraction of sp³-hybridized carbons (Fsp3) is 0.478. The second-order valence-corrected chi connectivity index (χ2v) is 8.28. The van der Waals surface area contributed by atoms with Crippen molar-refractivity contribution in [2.75, 3.05) is 11.4 Å². The molecule has 0 bridgehead atoms. The van der Waals surface area contributed by atoms with E-state index >= 15 is 0 Å². The average Bonchev–Trinajstić information content (AvgIpc) is 2.66. The summed E-state index contributed by atoms with van der Waals surface area (Å²) in [5.41, 5.74) is 8.48. The Labute approximate surface area is 182 Å². The van der Waals surface area contributed by atoms with Crippen LogP contribution in [0.3, 0.4) is 0 Å². The SMILES string of the molecule is C=C/C=C(\C=C/C)N(CC(N)(CCCC)CCCC)c1cc(S)c(O)cc1S. The van der Waals surface area contributed by atoms with E-state index in [2.05, 4.69) is 50.6 Å². The highest BCUT2D eigenvalue weighted by Crippen LogP contribution is 2.37. The summed E-state index contributed by atoms with van der Waals surface area (Å²) in [6.07, 6.45) is 14.1. The Morgan fingerprint density at radius 3 is 2.29 bits per heavy atom. The van der Waals surface area contributed by atoms with Crippen LogP contribution in [0.15, 0.2) is 58.5 Å². The molecule has 0 aliphatic rings. The topological polar surface area (TPSA) is 49.5 Å². The highest BCUT2D eigenvalue weighted by molar-refractivity contribution is 7.81. The average molecular weight is 421 g/mol. The second kappa shape index (κ2) is 12.3. The number of benzene rings is 1. The molecular formula is C23H36N2OS2. The molecule has 0 aliphatic carbocycles. The molecule has 28 heavy (non-hydrogen) atoms. The predicted molar refractivity (Wildman–Crippen MR) is 129 cm³/mol. The van der Waals surface area contributed by atoms with E-state index in [4.69, 9.17) is 5.73 Å². The number of allylic oxidation sites excluding steroid dienone is 4. The minimum atomic E-state index is -0.317. The monoisotopic (exact) mass is 420 g/mol. The van der Waals surface area contributed by atoms with Gasteiger partial charge in [0, 0.05) is 27.6 Å². The van der Waals surface area contributed by atoms with Crippen molar-refractivity contribution in [2.45, 2.75) is 74.6 Å². The van der Waals surface area contributed by atoms with Gasteiger partial charge >= 0.3 is 0 Å². The molecule has 0 unspecified atom stereocenters. The fourth-order valence-corrected chi connectivity index (χ4v) is 3.76. The van der Waals surface area contributed by atoms with Gasteiger partial charge in [0.2, 0.25) is 0 Å². The first-order valence-electron chi connectivity index (χ1n) is 10.1. The van der Waals surface area contributed by atoms with Crippen molar-refractivity contribution in [3.8, 4) is 5.75 Å². The van der Waals surface area contributed by atoms with E-state index in [0.29, 0.717) is 16.3 Å². The minimum absolute atomic E-state index is 0.119. The summed E-state index contributed by atoms with van der Waals surface area (Å²) in [7, 11) is 0. The number of hydrogen-bond donors (Lipinski definition) is 4. The number of anilines is 1. The summed E-state index contributed by atoms with van der Waals surface area (Å²) in [6, 6.07) is 3.48. The molecule has 5 heteroatoms. The highest BCUT2D eigenvalue weighted by Gasteiger charge is 2.29. The van der Waals surface area contributed by atoms with Crippen LogP contribution in [-0.2, 0) is 0 Å². The van der Waals surface area contributed by atoms with E-state index in [9.17, 15) is 5.11 Å². The van der Waals surface area contributed by atoms with Crippen molar-refractivity contribution in [1.82, 2.24) is 0 Å². The van der Waals surface area contributed by atoms with Crippen molar-refractivity contribution >= 4 is 30.9 Å². The van der Waals surface area contributed by atoms with E-state index < -0.39 is 0 Å². The fourth-order valence-electron chi connectivity index (χ4n) is 3.27. The number of rotatable bonds is 12. The Hall–Kier alpha value is -1.30. The van der Waals surface area contributed by atoms with E-state index in [1.165, 1.54) is 0 Å². The van der Waals surface area contributed by atoms with E-state index in [1.807, 2.05) is 31.2 Å². The lowest BCUT2D eigenvalue weighted by Crippen LogP contribution is -2.50. The molecule has 0 heterocycles. The molecule has 1 aromatic rings. The first kappa shape index (κ1) is 24.7. The number of nitrogens with zero attached hydrogens (tertiary/aromatic N) is 1. The van der Waals surface area contributed by atoms with Crippen LogP contribution >= 0.6 is 25.3 Å². The number of phenols is 1. The summed E-state index contributed by atoms with van der Waals surface area (Å²) in [6.45, 7) is 10.9. The zero-order chi connectivity index (χ0) is 21.2. The van der Waals surface area contributed by atoms with Gasteiger partial charge in [-0.1, -0.05) is 58.3 Å². The van der Waals surface area contributed by atoms with E-state index in [1.54, 1.807) is 12.1 Å². The van der Waals surface area contributed by atoms with Crippen LogP contribution in [0.2, 0.25) is 0 Å². The van der Waals surface area contributed by atoms with Crippen molar-refractivity contribution in [3.63, 3.8) is 0 Å². The Balaban J connectivity index is 3.46. The third-order valence-electron chi connectivity index (χ3n) is 4.83. The van der Waals surface area contributed by atoms with Gasteiger partial charge in [-0.3, -0.25) is 0 Å². The quantitative estimate of drug-likeness (QED) is 0.231. The standard InChI is InChI=1S/C23H36N2OS2/c1-5-9-13-23(24,14-10-6-2)17-25(18(11-7-3)12-8-4)19-15-22(28)20(26)16-21(19)27/h7-8,11-12,15-16,26-28H,3,5-6,9-10,13-14,17,24H2,1-2,4H3/b12-8-,18-11+. The molecule has 1 rings (SSSR count). The van der Waals surface area contributed by atoms with Gasteiger partial charge in [0.1, 0.15) is 5.75 Å². The van der Waals surface area contributed by atoms with Crippen LogP contribution in [0.5, 0.6) is 5.75 Å². The number of thiol groups is 2. The van der Waals surface area contributed by atoms with Crippen molar-refractivity contribution in [2.24, 2.45) is 5.73 Å². The molecule has 3 nitrogen and oxygen atoms in total. The molecule has 156 valence electrons. The Kier molecular flexibility index (Phi) is 10.9. The molecular weight excluding hydrogens is 384 g/mol. The lowest BCUT2D eigenvalue weighted by molar-refractivity contribution is 0.349. The number of hydrogen-bond acceptors (Lipinski definition) is 5. The van der Waals surface area contributed by atoms with Gasteiger partial charge in [-0.15, -0.1) is 25.3 Å². The maximum atomic E-state index is 10.0. The van der Waals surface area contributed by atoms with E-state index in [0.717, 1.165) is 49.9 Å². The molecule has 0 aromatic heterocycles. The molecule has 0 radical (unpaired) electrons. The maximum absolute atomic E-state index is 10.0. The number of unbranched alkanes of at least 4 members (excludes halogenated alkanes) is 2. The molecule has 0 fully saturated rings. The van der Waals surface area contributed by atoms with Crippen LogP contribution in [0, 0.1) is 0 Å². The van der Waals surface area contributed by atoms with Gasteiger partial charge in [-0.25, -0.2) is 0 Å². The number of nitrogens with two attached hydrogens (primary N) is 1. The zero-order valence-electron chi connectivity index (χ0n) is 17.5. The van der Waals surface area contributed by atoms with Gasteiger partial charge in [-0.05, 0) is 44.1 Å². The molecule has 0 saturated carbocycles. The Morgan fingerprint density at radius 1 is 1.18 bits per heavy atom. The normalized spacial score (nSPS) is 12.6. The van der Waals surface area contributed by atoms with Crippen molar-refractivity contribution in [1.29, 1.82) is 0 Å². The van der Waals surface area contributed by atoms with E-state index in [-0.39, 0.29) is 11.3 Å². The summed E-state index contributed by atoms with van der Waals surface area (Å²) < 4.78 is 0. The minimum Gasteiger partial charge on any atom is -0.507 e. The molecule has 0 atom stereocenters. The lowest BCUT2D eigenvalue weighted by Gasteiger charge is -2.38. The summed E-state index contributed by atoms with van der Waals surface area (Å²) >= 11 is 9.03. The molecule has 0 amide bonds. The Bertz CT molecular complexity index is 690. The Morgan fingerprint density at radius 2 is 1.79 bits per heavy atom. The van der Waals surface area contributed by atoms with Gasteiger partial charge in [-0.2, -0.15) is 0 Å². The summed E-state index contributed by atoms with van der Waals surface area (Å²) in [5.74, 6) is 0.119. The summed E-state index contributed by atoms with van der Waals surface area (Å²) in [5, 5.41) is 10.0. The smallest absolute Gasteiger partial charge is 0.130 e. The maximum Gasteiger partial charge on any atom is 0.130 e. The first-order valence-corrected chi connectivity index (χ1v) is 11.0. The zero-order valence-corrected chi connectivity index (χ0v) is 19.3. The molecule has 0 aliphatic heterocycles. The van der Waals surface area contributed by atoms with Crippen molar-refractivity contribution < 1.29 is 5.11 Å². The molecule has 1 aromatic carbocycles. The third kappa shape index (κ3) is 7.26. The number of aromatic hydroxyl groups is 1. The third-order valence-corrected chi connectivity index (χ3v) is 5.55. The second-order valence-electron chi connectivity index (χ2n) is 7.31. The summed E-state index contributed by atoms with van der Waals surface area (Å²) in [4.78, 5) is 3.37. The molecule has 0 spiro atoms. The van der Waals surface area contributed by atoms with Crippen LogP contribution < -0.4 is 10.6 Å². The molecule has 3 N–H and O–H groups in total. The van der Waals surface area contributed by atoms with Gasteiger partial charge < -0.3 is 15.7 Å². The largest absolute Gasteiger partial charge is 0.507 e. The van der Waals surface area contributed by atoms with Crippen molar-refractivity contribution in [3.05, 3.63) is 48.7 Å².